The van der Waals surface area contributed by atoms with E-state index in [0.29, 0.717) is 28.5 Å². The first-order valence-corrected chi connectivity index (χ1v) is 19.4. The molecule has 8 aromatic rings. The topological polar surface area (TPSA) is 35.9 Å². The van der Waals surface area contributed by atoms with Gasteiger partial charge in [0.1, 0.15) is 17.3 Å². The molecule has 56 heavy (non-hydrogen) atoms. The predicted molar refractivity (Wildman–Crippen MR) is 231 cm³/mol. The van der Waals surface area contributed by atoms with Crippen molar-refractivity contribution < 1.29 is 13.4 Å². The van der Waals surface area contributed by atoms with Crippen molar-refractivity contribution in [1.82, 2.24) is 14.1 Å². The molecular weight excluding hydrogens is 685 g/mol. The number of pyridine rings is 1. The van der Waals surface area contributed by atoms with Crippen molar-refractivity contribution in [3.63, 3.8) is 0 Å². The first kappa shape index (κ1) is 32.1. The third-order valence-electron chi connectivity index (χ3n) is 11.1. The van der Waals surface area contributed by atoms with Crippen LogP contribution in [0, 0.1) is 24.5 Å². The molecule has 1 aliphatic rings. The van der Waals surface area contributed by atoms with E-state index in [9.17, 15) is 0 Å². The van der Waals surface area contributed by atoms with E-state index in [1.807, 2.05) is 63.9 Å². The van der Waals surface area contributed by atoms with E-state index in [0.717, 1.165) is 62.1 Å². The van der Waals surface area contributed by atoms with Crippen LogP contribution in [0.1, 0.15) is 63.2 Å². The molecule has 0 aliphatic heterocycles. The van der Waals surface area contributed by atoms with Gasteiger partial charge in [-0.3, -0.25) is 13.7 Å². The van der Waals surface area contributed by atoms with Gasteiger partial charge in [0, 0.05) is 32.8 Å². The van der Waals surface area contributed by atoms with Crippen LogP contribution in [-0.2, 0) is 5.41 Å². The van der Waals surface area contributed by atoms with Crippen molar-refractivity contribution in [2.75, 3.05) is 0 Å². The molecule has 278 valence electrons. The van der Waals surface area contributed by atoms with Gasteiger partial charge in [-0.1, -0.05) is 120 Å². The van der Waals surface area contributed by atoms with Gasteiger partial charge in [0.15, 0.2) is 0 Å². The third-order valence-corrected chi connectivity index (χ3v) is 11.1. The minimum Gasteiger partial charge on any atom is -0.458 e. The predicted octanol–water partition coefficient (Wildman–Crippen LogP) is 12.7. The lowest BCUT2D eigenvalue weighted by Crippen LogP contribution is -2.35. The summed E-state index contributed by atoms with van der Waals surface area (Å²) < 4.78 is 38.2. The van der Waals surface area contributed by atoms with Crippen LogP contribution in [-0.4, -0.2) is 14.1 Å². The molecule has 9 rings (SSSR count). The summed E-state index contributed by atoms with van der Waals surface area (Å²) in [6, 6.07) is 41.0. The lowest BCUT2D eigenvalue weighted by molar-refractivity contribution is -0.561. The molecule has 0 saturated heterocycles. The number of hydrogen-bond donors (Lipinski definition) is 0. The first-order chi connectivity index (χ1) is 28.1. The Morgan fingerprint density at radius 1 is 0.750 bits per heavy atom. The van der Waals surface area contributed by atoms with Gasteiger partial charge in [-0.05, 0) is 107 Å². The van der Waals surface area contributed by atoms with Gasteiger partial charge in [0.05, 0.1) is 27.8 Å². The molecule has 5 aromatic carbocycles. The van der Waals surface area contributed by atoms with E-state index in [1.54, 1.807) is 6.07 Å². The van der Waals surface area contributed by atoms with Crippen LogP contribution in [0.3, 0.4) is 0 Å². The summed E-state index contributed by atoms with van der Waals surface area (Å²) in [4.78, 5) is 4.90. The Bertz CT molecular complexity index is 2960. The fourth-order valence-corrected chi connectivity index (χ4v) is 7.93. The largest absolute Gasteiger partial charge is 0.458 e. The second kappa shape index (κ2) is 13.5. The van der Waals surface area contributed by atoms with Crippen LogP contribution in [0.2, 0.25) is 0 Å². The molecule has 0 unspecified atom stereocenters. The summed E-state index contributed by atoms with van der Waals surface area (Å²) in [5.41, 5.74) is 9.05. The zero-order valence-corrected chi connectivity index (χ0v) is 32.8. The van der Waals surface area contributed by atoms with Crippen LogP contribution in [0.5, 0.6) is 11.5 Å². The molecule has 0 saturated carbocycles. The van der Waals surface area contributed by atoms with E-state index in [1.165, 1.54) is 5.56 Å². The van der Waals surface area contributed by atoms with E-state index in [-0.39, 0.29) is 10.8 Å². The Balaban J connectivity index is 1.15. The van der Waals surface area contributed by atoms with Gasteiger partial charge < -0.3 is 4.74 Å². The Morgan fingerprint density at radius 3 is 2.38 bits per heavy atom. The molecule has 3 aromatic heterocycles. The number of fused-ring (bicyclic) bond motifs is 4. The number of ether oxygens (including phenoxy) is 1. The second-order valence-electron chi connectivity index (χ2n) is 17.0. The number of nitrogens with zero attached hydrogens (tertiary/aromatic N) is 4. The number of aromatic nitrogens is 4. The monoisotopic (exact) mass is 735 g/mol. The minimum atomic E-state index is -2.31. The highest BCUT2D eigenvalue weighted by molar-refractivity contribution is 6.10. The Labute approximate surface area is 334 Å². The van der Waals surface area contributed by atoms with Crippen molar-refractivity contribution in [3.05, 3.63) is 163 Å². The maximum Gasteiger partial charge on any atom is 0.269 e. The molecule has 0 fully saturated rings. The van der Waals surface area contributed by atoms with Crippen molar-refractivity contribution in [3.8, 4) is 34.1 Å². The first-order valence-electron chi connectivity index (χ1n) is 20.9. The fourth-order valence-electron chi connectivity index (χ4n) is 7.93. The van der Waals surface area contributed by atoms with Crippen molar-refractivity contribution in [1.29, 1.82) is 0 Å². The molecule has 0 amide bonds. The van der Waals surface area contributed by atoms with E-state index >= 15 is 0 Å². The third kappa shape index (κ3) is 6.41. The van der Waals surface area contributed by atoms with Crippen molar-refractivity contribution in [2.24, 2.45) is 11.3 Å². The molecule has 5 nitrogen and oxygen atoms in total. The maximum atomic E-state index is 8.47. The molecule has 1 aliphatic carbocycles. The van der Waals surface area contributed by atoms with Crippen LogP contribution >= 0.6 is 0 Å². The summed E-state index contributed by atoms with van der Waals surface area (Å²) in [6.07, 6.45) is 12.6. The zero-order chi connectivity index (χ0) is 41.3. The molecular formula is C51H48N4O. The standard InChI is InChI=1S/C51H48N4O/c1-34-14-11-21-46-49(34)54(39-18-12-17-37(29-39)50(2,3)4)33-53(46)40-19-13-20-41(31-40)56-42-23-24-43-44-28-36(35-15-9-8-10-16-35)22-25-45(44)55(47(43)32-42)48-30-38(26-27-52-48)51(5,6)7/h8-28,30-32,37H,29H2,1-7H3/t37-/m0/s1/i1D3. The number of imidazole rings is 1. The van der Waals surface area contributed by atoms with Crippen LogP contribution < -0.4 is 9.30 Å². The van der Waals surface area contributed by atoms with E-state index in [2.05, 4.69) is 137 Å². The molecule has 1 atom stereocenters. The highest BCUT2D eigenvalue weighted by atomic mass is 16.5. The van der Waals surface area contributed by atoms with Gasteiger partial charge in [-0.25, -0.2) is 4.98 Å². The van der Waals surface area contributed by atoms with Crippen LogP contribution in [0.15, 0.2) is 146 Å². The van der Waals surface area contributed by atoms with Crippen LogP contribution in [0.4, 0.5) is 0 Å². The summed E-state index contributed by atoms with van der Waals surface area (Å²) in [5, 5.41) is 2.24. The van der Waals surface area contributed by atoms with Crippen LogP contribution in [0.25, 0.3) is 61.2 Å². The molecule has 0 bridgehead atoms. The van der Waals surface area contributed by atoms with Gasteiger partial charge in [-0.2, -0.15) is 0 Å². The molecule has 0 N–H and O–H groups in total. The zero-order valence-electron chi connectivity index (χ0n) is 35.8. The number of allylic oxidation sites excluding steroid dienone is 4. The Kier molecular flexibility index (Phi) is 7.75. The highest BCUT2D eigenvalue weighted by Gasteiger charge is 2.27. The lowest BCUT2D eigenvalue weighted by Gasteiger charge is -2.31. The Morgan fingerprint density at radius 2 is 1.57 bits per heavy atom. The molecule has 0 spiro atoms. The average Bonchev–Trinajstić information content (AvgIpc) is 3.76. The maximum absolute atomic E-state index is 8.47. The van der Waals surface area contributed by atoms with Gasteiger partial charge in [-0.15, -0.1) is 0 Å². The van der Waals surface area contributed by atoms with E-state index in [4.69, 9.17) is 13.8 Å². The highest BCUT2D eigenvalue weighted by Crippen LogP contribution is 2.39. The number of aryl methyl sites for hydroxylation is 1. The number of benzene rings is 5. The quantitative estimate of drug-likeness (QED) is 0.126. The van der Waals surface area contributed by atoms with Gasteiger partial charge >= 0.3 is 0 Å². The fraction of sp³-hybridized carbons (Fsp3) is 0.216. The summed E-state index contributed by atoms with van der Waals surface area (Å²) in [7, 11) is 0. The van der Waals surface area contributed by atoms with Crippen molar-refractivity contribution in [2.45, 2.75) is 60.2 Å². The van der Waals surface area contributed by atoms with Gasteiger partial charge in [0.2, 0.25) is 0 Å². The normalized spacial score (nSPS) is 15.9. The summed E-state index contributed by atoms with van der Waals surface area (Å²) in [6.45, 7) is 11.1. The summed E-state index contributed by atoms with van der Waals surface area (Å²) in [5.74, 6) is 2.47. The molecule has 3 heterocycles. The summed E-state index contributed by atoms with van der Waals surface area (Å²) >= 11 is 0. The SMILES string of the molecule is [2H]C([2H])([2H])c1cccc2c1[n+](C1=CC=C[C@H](C(C)(C)C)C1)[c-]n2-c1cccc(Oc2ccc3c4cc(-c5ccccc5)ccc4n(-c4cc(C(C)(C)C)ccn4)c3c2)c1. The number of rotatable bonds is 6. The smallest absolute Gasteiger partial charge is 0.269 e. The van der Waals surface area contributed by atoms with Crippen molar-refractivity contribution >= 4 is 38.5 Å². The number of para-hydroxylation sites is 1. The second-order valence-corrected chi connectivity index (χ2v) is 17.0. The average molecular weight is 736 g/mol. The van der Waals surface area contributed by atoms with E-state index < -0.39 is 6.85 Å². The number of hydrogen-bond acceptors (Lipinski definition) is 2. The Hall–Kier alpha value is -6.20. The lowest BCUT2D eigenvalue weighted by atomic mass is 9.76. The molecule has 5 heteroatoms. The minimum absolute atomic E-state index is 0.0446. The molecule has 0 radical (unpaired) electrons. The van der Waals surface area contributed by atoms with Gasteiger partial charge in [0.25, 0.3) is 6.33 Å².